The summed E-state index contributed by atoms with van der Waals surface area (Å²) >= 11 is 0. The Kier molecular flexibility index (Phi) is 3.46. The predicted molar refractivity (Wildman–Crippen MR) is 109 cm³/mol. The number of anilines is 1. The van der Waals surface area contributed by atoms with Crippen molar-refractivity contribution in [2.75, 3.05) is 11.9 Å². The van der Waals surface area contributed by atoms with E-state index in [-0.39, 0.29) is 0 Å². The van der Waals surface area contributed by atoms with Crippen molar-refractivity contribution in [3.8, 4) is 0 Å². The predicted octanol–water partition coefficient (Wildman–Crippen LogP) is 4.87. The van der Waals surface area contributed by atoms with Crippen LogP contribution >= 0.6 is 0 Å². The molecular weight excluding hydrogens is 316 g/mol. The van der Waals surface area contributed by atoms with Crippen LogP contribution < -0.4 is 9.47 Å². The molecule has 0 amide bonds. The van der Waals surface area contributed by atoms with Gasteiger partial charge >= 0.3 is 0 Å². The van der Waals surface area contributed by atoms with Crippen molar-refractivity contribution in [1.29, 1.82) is 0 Å². The standard InChI is InChI=1S/C24H23N2/c1-25-21-12-5-3-8-17(21)14-15-23(25)20-11-7-10-19-16-18-9-4-6-13-22(18)26(2)24(19)20/h3-6,8-9,12-16H,7,10-11H2,1-2H3/q+1. The molecule has 0 fully saturated rings. The van der Waals surface area contributed by atoms with Crippen LogP contribution in [0.2, 0.25) is 0 Å². The Morgan fingerprint density at radius 2 is 1.73 bits per heavy atom. The number of allylic oxidation sites excluding steroid dienone is 2. The van der Waals surface area contributed by atoms with Crippen LogP contribution in [0.15, 0.2) is 66.4 Å². The van der Waals surface area contributed by atoms with Crippen LogP contribution in [0, 0.1) is 0 Å². The van der Waals surface area contributed by atoms with Gasteiger partial charge in [0.25, 0.3) is 0 Å². The van der Waals surface area contributed by atoms with Crippen LogP contribution in [0.3, 0.4) is 0 Å². The lowest BCUT2D eigenvalue weighted by Crippen LogP contribution is -2.38. The number of rotatable bonds is 0. The van der Waals surface area contributed by atoms with Crippen molar-refractivity contribution in [2.24, 2.45) is 7.05 Å². The molecule has 2 nitrogen and oxygen atoms in total. The molecule has 128 valence electrons. The molecule has 1 aliphatic heterocycles. The Morgan fingerprint density at radius 1 is 0.923 bits per heavy atom. The Morgan fingerprint density at radius 3 is 2.65 bits per heavy atom. The summed E-state index contributed by atoms with van der Waals surface area (Å²) in [6.07, 6.45) is 8.06. The zero-order valence-electron chi connectivity index (χ0n) is 15.4. The molecule has 2 aromatic carbocycles. The van der Waals surface area contributed by atoms with Crippen molar-refractivity contribution < 1.29 is 4.57 Å². The summed E-state index contributed by atoms with van der Waals surface area (Å²) in [5, 5.41) is 1.33. The third-order valence-corrected chi connectivity index (χ3v) is 5.82. The number of benzene rings is 2. The van der Waals surface area contributed by atoms with Crippen LogP contribution in [0.25, 0.3) is 22.6 Å². The van der Waals surface area contributed by atoms with Gasteiger partial charge in [-0.3, -0.25) is 0 Å². The van der Waals surface area contributed by atoms with Gasteiger partial charge < -0.3 is 4.90 Å². The number of fused-ring (bicyclic) bond motifs is 3. The second-order valence-corrected chi connectivity index (χ2v) is 7.30. The monoisotopic (exact) mass is 339 g/mol. The third-order valence-electron chi connectivity index (χ3n) is 5.82. The minimum absolute atomic E-state index is 1.13. The molecule has 5 rings (SSSR count). The molecule has 0 unspecified atom stereocenters. The van der Waals surface area contributed by atoms with E-state index in [1.165, 1.54) is 51.1 Å². The highest BCUT2D eigenvalue weighted by Crippen LogP contribution is 2.38. The fraction of sp³-hybridized carbons (Fsp3) is 0.208. The normalized spacial score (nSPS) is 18.8. The minimum atomic E-state index is 1.13. The first kappa shape index (κ1) is 15.4. The summed E-state index contributed by atoms with van der Waals surface area (Å²) in [5.74, 6) is 0. The lowest BCUT2D eigenvalue weighted by molar-refractivity contribution is -0.648. The van der Waals surface area contributed by atoms with Crippen LogP contribution in [0.5, 0.6) is 0 Å². The first-order valence-corrected chi connectivity index (χ1v) is 9.39. The molecule has 1 aliphatic carbocycles. The van der Waals surface area contributed by atoms with Crippen molar-refractivity contribution >= 4 is 28.2 Å². The number of aryl methyl sites for hydroxylation is 2. The van der Waals surface area contributed by atoms with Crippen molar-refractivity contribution in [2.45, 2.75) is 19.3 Å². The van der Waals surface area contributed by atoms with Gasteiger partial charge in [-0.25, -0.2) is 0 Å². The molecular formula is C24H23N2+. The van der Waals surface area contributed by atoms with E-state index >= 15 is 0 Å². The number of nitrogens with zero attached hydrogens (tertiary/aromatic N) is 2. The van der Waals surface area contributed by atoms with E-state index in [1.54, 1.807) is 0 Å². The third kappa shape index (κ3) is 2.22. The lowest BCUT2D eigenvalue weighted by atomic mass is 9.87. The van der Waals surface area contributed by atoms with Crippen LogP contribution in [0.4, 0.5) is 5.69 Å². The van der Waals surface area contributed by atoms with E-state index in [0.717, 1.165) is 12.8 Å². The molecule has 0 bridgehead atoms. The zero-order chi connectivity index (χ0) is 17.7. The van der Waals surface area contributed by atoms with Gasteiger partial charge in [0.05, 0.1) is 5.70 Å². The van der Waals surface area contributed by atoms with Gasteiger partial charge in [-0.15, -0.1) is 0 Å². The summed E-state index contributed by atoms with van der Waals surface area (Å²) in [6.45, 7) is 0. The van der Waals surface area contributed by atoms with Gasteiger partial charge in [-0.1, -0.05) is 36.4 Å². The fourth-order valence-corrected chi connectivity index (χ4v) is 4.56. The molecule has 0 spiro atoms. The van der Waals surface area contributed by atoms with Crippen molar-refractivity contribution in [3.63, 3.8) is 0 Å². The molecule has 0 saturated heterocycles. The first-order valence-electron chi connectivity index (χ1n) is 9.39. The van der Waals surface area contributed by atoms with Gasteiger partial charge in [0, 0.05) is 35.3 Å². The number of hydrogen-bond acceptors (Lipinski definition) is 1. The molecule has 2 heterocycles. The lowest BCUT2D eigenvalue weighted by Gasteiger charge is -2.30. The van der Waals surface area contributed by atoms with Crippen molar-refractivity contribution in [1.82, 2.24) is 0 Å². The molecule has 2 heteroatoms. The Labute approximate surface area is 154 Å². The maximum atomic E-state index is 2.40. The van der Waals surface area contributed by atoms with Gasteiger partial charge in [0.1, 0.15) is 7.05 Å². The second kappa shape index (κ2) is 5.84. The molecule has 3 aromatic rings. The highest BCUT2D eigenvalue weighted by Gasteiger charge is 2.29. The summed E-state index contributed by atoms with van der Waals surface area (Å²) in [6, 6.07) is 19.7. The fourth-order valence-electron chi connectivity index (χ4n) is 4.56. The van der Waals surface area contributed by atoms with Crippen LogP contribution in [0.1, 0.15) is 29.7 Å². The molecule has 0 atom stereocenters. The highest BCUT2D eigenvalue weighted by molar-refractivity contribution is 5.85. The zero-order valence-corrected chi connectivity index (χ0v) is 15.4. The smallest absolute Gasteiger partial charge is 0.214 e. The maximum Gasteiger partial charge on any atom is 0.214 e. The molecule has 2 aliphatic rings. The largest absolute Gasteiger partial charge is 0.344 e. The molecule has 0 N–H and O–H groups in total. The average Bonchev–Trinajstić information content (AvgIpc) is 2.68. The highest BCUT2D eigenvalue weighted by atomic mass is 15.1. The van der Waals surface area contributed by atoms with Gasteiger partial charge in [-0.05, 0) is 49.1 Å². The summed E-state index contributed by atoms with van der Waals surface area (Å²) < 4.78 is 2.40. The average molecular weight is 339 g/mol. The maximum absolute atomic E-state index is 2.40. The van der Waals surface area contributed by atoms with Gasteiger partial charge in [0.15, 0.2) is 0 Å². The van der Waals surface area contributed by atoms with Crippen LogP contribution in [-0.2, 0) is 13.5 Å². The van der Waals surface area contributed by atoms with E-state index in [4.69, 9.17) is 0 Å². The molecule has 26 heavy (non-hydrogen) atoms. The quantitative estimate of drug-likeness (QED) is 0.530. The van der Waals surface area contributed by atoms with E-state index in [1.807, 2.05) is 0 Å². The van der Waals surface area contributed by atoms with Crippen molar-refractivity contribution in [3.05, 3.63) is 83.2 Å². The minimum Gasteiger partial charge on any atom is -0.344 e. The van der Waals surface area contributed by atoms with Crippen LogP contribution in [-0.4, -0.2) is 7.05 Å². The van der Waals surface area contributed by atoms with E-state index in [9.17, 15) is 0 Å². The van der Waals surface area contributed by atoms with Gasteiger partial charge in [-0.2, -0.15) is 4.57 Å². The number of pyridine rings is 1. The molecule has 0 radical (unpaired) electrons. The van der Waals surface area contributed by atoms with Gasteiger partial charge in [0.2, 0.25) is 11.2 Å². The summed E-state index contributed by atoms with van der Waals surface area (Å²) in [5.41, 5.74) is 9.55. The Hall–Kier alpha value is -2.87. The topological polar surface area (TPSA) is 7.12 Å². The Bertz CT molecular complexity index is 1090. The molecule has 0 saturated carbocycles. The summed E-state index contributed by atoms with van der Waals surface area (Å²) in [7, 11) is 4.41. The second-order valence-electron chi connectivity index (χ2n) is 7.30. The van der Waals surface area contributed by atoms with E-state index in [0.29, 0.717) is 0 Å². The number of para-hydroxylation sites is 2. The first-order chi connectivity index (χ1) is 12.7. The molecule has 1 aromatic heterocycles. The number of likely N-dealkylation sites (N-methyl/N-ethyl adjacent to an activating group) is 1. The van der Waals surface area contributed by atoms with E-state index < -0.39 is 0 Å². The van der Waals surface area contributed by atoms with E-state index in [2.05, 4.69) is 90.3 Å². The summed E-state index contributed by atoms with van der Waals surface area (Å²) in [4.78, 5) is 2.36. The Balaban J connectivity index is 1.77. The number of hydrogen-bond donors (Lipinski definition) is 0. The number of aromatic nitrogens is 1. The SMILES string of the molecule is CN1/C(=C2\CCCc3cc4ccccc4[n+](C)c32)C=Cc2ccccc21.